The minimum absolute atomic E-state index is 0.0434. The topological polar surface area (TPSA) is 67.8 Å². The number of ether oxygens (including phenoxy) is 2. The number of carbonyl (C=O) groups excluding carboxylic acids is 1. The molecule has 1 atom stereocenters. The molecule has 0 bridgehead atoms. The number of halogens is 3. The van der Waals surface area contributed by atoms with Gasteiger partial charge in [0, 0.05) is 20.0 Å². The summed E-state index contributed by atoms with van der Waals surface area (Å²) in [6, 6.07) is 11.4. The monoisotopic (exact) mass is 383 g/mol. The number of alkyl halides is 3. The second-order valence-electron chi connectivity index (χ2n) is 5.83. The van der Waals surface area contributed by atoms with Gasteiger partial charge in [-0.15, -0.1) is 0 Å². The van der Waals surface area contributed by atoms with Gasteiger partial charge in [0.15, 0.2) is 11.5 Å². The smallest absolute Gasteiger partial charge is 0.416 e. The van der Waals surface area contributed by atoms with E-state index in [1.165, 1.54) is 19.1 Å². The minimum Gasteiger partial charge on any atom is -0.487 e. The number of esters is 1. The van der Waals surface area contributed by atoms with Gasteiger partial charge in [-0.3, -0.25) is 4.79 Å². The first-order valence-corrected chi connectivity index (χ1v) is 8.21. The SMILES string of the molecule is CC(=O)Oc1ccccc1OCC(O)CNCc1ccc(C(F)(F)F)cc1. The van der Waals surface area contributed by atoms with E-state index in [9.17, 15) is 23.1 Å². The van der Waals surface area contributed by atoms with Crippen LogP contribution in [0, 0.1) is 0 Å². The molecule has 0 spiro atoms. The zero-order valence-corrected chi connectivity index (χ0v) is 14.6. The van der Waals surface area contributed by atoms with E-state index in [0.29, 0.717) is 17.9 Å². The Morgan fingerprint density at radius 3 is 2.33 bits per heavy atom. The average Bonchev–Trinajstić information content (AvgIpc) is 2.60. The number of para-hydroxylation sites is 2. The fourth-order valence-electron chi connectivity index (χ4n) is 2.25. The van der Waals surface area contributed by atoms with Crippen LogP contribution in [0.1, 0.15) is 18.1 Å². The predicted molar refractivity (Wildman–Crippen MR) is 92.4 cm³/mol. The fraction of sp³-hybridized carbons (Fsp3) is 0.316. The average molecular weight is 383 g/mol. The highest BCUT2D eigenvalue weighted by Gasteiger charge is 2.29. The van der Waals surface area contributed by atoms with Crippen molar-refractivity contribution in [3.05, 3.63) is 59.7 Å². The Bertz CT molecular complexity index is 747. The first-order chi connectivity index (χ1) is 12.8. The number of hydrogen-bond donors (Lipinski definition) is 2. The second-order valence-corrected chi connectivity index (χ2v) is 5.83. The molecule has 0 aliphatic heterocycles. The van der Waals surface area contributed by atoms with E-state index in [1.54, 1.807) is 24.3 Å². The van der Waals surface area contributed by atoms with Crippen molar-refractivity contribution in [1.29, 1.82) is 0 Å². The van der Waals surface area contributed by atoms with Crippen molar-refractivity contribution in [1.82, 2.24) is 5.32 Å². The van der Waals surface area contributed by atoms with Gasteiger partial charge in [0.2, 0.25) is 0 Å². The van der Waals surface area contributed by atoms with Crippen molar-refractivity contribution in [3.63, 3.8) is 0 Å². The predicted octanol–water partition coefficient (Wildman–Crippen LogP) is 3.16. The van der Waals surface area contributed by atoms with Crippen molar-refractivity contribution >= 4 is 5.97 Å². The van der Waals surface area contributed by atoms with Gasteiger partial charge in [-0.25, -0.2) is 0 Å². The van der Waals surface area contributed by atoms with E-state index in [1.807, 2.05) is 0 Å². The summed E-state index contributed by atoms with van der Waals surface area (Å²) in [5, 5.41) is 12.9. The van der Waals surface area contributed by atoms with Gasteiger partial charge in [-0.1, -0.05) is 24.3 Å². The lowest BCUT2D eigenvalue weighted by Crippen LogP contribution is -2.31. The molecule has 0 aliphatic rings. The lowest BCUT2D eigenvalue weighted by atomic mass is 10.1. The Morgan fingerprint density at radius 2 is 1.74 bits per heavy atom. The molecule has 2 N–H and O–H groups in total. The van der Waals surface area contributed by atoms with Crippen LogP contribution in [0.25, 0.3) is 0 Å². The number of aliphatic hydroxyl groups is 1. The van der Waals surface area contributed by atoms with E-state index < -0.39 is 23.8 Å². The molecule has 8 heteroatoms. The van der Waals surface area contributed by atoms with Crippen molar-refractivity contribution in [2.45, 2.75) is 25.7 Å². The Hall–Kier alpha value is -2.58. The molecule has 0 saturated heterocycles. The third kappa shape index (κ3) is 6.92. The largest absolute Gasteiger partial charge is 0.487 e. The third-order valence-electron chi connectivity index (χ3n) is 3.52. The van der Waals surface area contributed by atoms with Gasteiger partial charge >= 0.3 is 12.1 Å². The summed E-state index contributed by atoms with van der Waals surface area (Å²) in [6.45, 7) is 1.71. The lowest BCUT2D eigenvalue weighted by molar-refractivity contribution is -0.137. The normalized spacial score (nSPS) is 12.5. The van der Waals surface area contributed by atoms with Crippen LogP contribution in [-0.4, -0.2) is 30.3 Å². The van der Waals surface area contributed by atoms with Crippen LogP contribution in [0.3, 0.4) is 0 Å². The summed E-state index contributed by atoms with van der Waals surface area (Å²) >= 11 is 0. The third-order valence-corrected chi connectivity index (χ3v) is 3.52. The highest BCUT2D eigenvalue weighted by Crippen LogP contribution is 2.29. The quantitative estimate of drug-likeness (QED) is 0.541. The molecule has 0 radical (unpaired) electrons. The molecular formula is C19H20F3NO4. The molecule has 0 fully saturated rings. The fourth-order valence-corrected chi connectivity index (χ4v) is 2.25. The molecule has 0 aliphatic carbocycles. The lowest BCUT2D eigenvalue weighted by Gasteiger charge is -2.15. The summed E-state index contributed by atoms with van der Waals surface area (Å²) in [5.74, 6) is 0.106. The molecule has 0 amide bonds. The van der Waals surface area contributed by atoms with Crippen molar-refractivity contribution in [2.24, 2.45) is 0 Å². The maximum absolute atomic E-state index is 12.5. The van der Waals surface area contributed by atoms with Gasteiger partial charge in [0.05, 0.1) is 5.56 Å². The Morgan fingerprint density at radius 1 is 1.11 bits per heavy atom. The van der Waals surface area contributed by atoms with Crippen LogP contribution in [-0.2, 0) is 17.5 Å². The molecular weight excluding hydrogens is 363 g/mol. The molecule has 27 heavy (non-hydrogen) atoms. The Labute approximate surface area is 154 Å². The number of benzene rings is 2. The van der Waals surface area contributed by atoms with Gasteiger partial charge < -0.3 is 19.9 Å². The summed E-state index contributed by atoms with van der Waals surface area (Å²) < 4.78 is 48.0. The number of carbonyl (C=O) groups is 1. The van der Waals surface area contributed by atoms with Crippen LogP contribution >= 0.6 is 0 Å². The molecule has 0 saturated carbocycles. The maximum Gasteiger partial charge on any atom is 0.416 e. The van der Waals surface area contributed by atoms with Gasteiger partial charge in [0.25, 0.3) is 0 Å². The van der Waals surface area contributed by atoms with Crippen LogP contribution in [0.2, 0.25) is 0 Å². The first-order valence-electron chi connectivity index (χ1n) is 8.21. The number of hydrogen-bond acceptors (Lipinski definition) is 5. The van der Waals surface area contributed by atoms with Crippen molar-refractivity contribution < 1.29 is 32.5 Å². The van der Waals surface area contributed by atoms with Gasteiger partial charge in [0.1, 0.15) is 12.7 Å². The molecule has 0 heterocycles. The summed E-state index contributed by atoms with van der Waals surface area (Å²) in [4.78, 5) is 11.1. The van der Waals surface area contributed by atoms with E-state index >= 15 is 0 Å². The molecule has 0 aromatic heterocycles. The molecule has 2 aromatic carbocycles. The maximum atomic E-state index is 12.5. The number of rotatable bonds is 8. The van der Waals surface area contributed by atoms with Crippen LogP contribution in [0.5, 0.6) is 11.5 Å². The summed E-state index contributed by atoms with van der Waals surface area (Å²) in [7, 11) is 0. The number of aliphatic hydroxyl groups excluding tert-OH is 1. The highest BCUT2D eigenvalue weighted by molar-refractivity contribution is 5.70. The molecule has 2 aromatic rings. The minimum atomic E-state index is -4.36. The standard InChI is InChI=1S/C19H20F3NO4/c1-13(24)27-18-5-3-2-4-17(18)26-12-16(25)11-23-10-14-6-8-15(9-7-14)19(20,21)22/h2-9,16,23,25H,10-12H2,1H3. The Balaban J connectivity index is 1.77. The van der Waals surface area contributed by atoms with Crippen molar-refractivity contribution in [3.8, 4) is 11.5 Å². The van der Waals surface area contributed by atoms with E-state index in [4.69, 9.17) is 9.47 Å². The second kappa shape index (κ2) is 9.38. The van der Waals surface area contributed by atoms with Gasteiger partial charge in [-0.2, -0.15) is 13.2 Å². The van der Waals surface area contributed by atoms with Crippen LogP contribution < -0.4 is 14.8 Å². The van der Waals surface area contributed by atoms with Crippen LogP contribution in [0.15, 0.2) is 48.5 Å². The molecule has 146 valence electrons. The number of nitrogens with one attached hydrogen (secondary N) is 1. The molecule has 2 rings (SSSR count). The van der Waals surface area contributed by atoms with E-state index in [0.717, 1.165) is 12.1 Å². The molecule has 5 nitrogen and oxygen atoms in total. The van der Waals surface area contributed by atoms with Crippen LogP contribution in [0.4, 0.5) is 13.2 Å². The van der Waals surface area contributed by atoms with E-state index in [2.05, 4.69) is 5.32 Å². The summed E-state index contributed by atoms with van der Waals surface area (Å²) in [5.41, 5.74) is -0.0394. The zero-order valence-electron chi connectivity index (χ0n) is 14.6. The van der Waals surface area contributed by atoms with Crippen molar-refractivity contribution in [2.75, 3.05) is 13.2 Å². The van der Waals surface area contributed by atoms with Gasteiger partial charge in [-0.05, 0) is 29.8 Å². The van der Waals surface area contributed by atoms with E-state index in [-0.39, 0.29) is 18.9 Å². The summed E-state index contributed by atoms with van der Waals surface area (Å²) in [6.07, 6.45) is -5.22. The highest BCUT2D eigenvalue weighted by atomic mass is 19.4. The molecule has 1 unspecified atom stereocenters. The first kappa shape index (κ1) is 20.7. The Kier molecular flexibility index (Phi) is 7.20. The zero-order chi connectivity index (χ0) is 19.9.